The molecule has 0 aliphatic heterocycles. The molecule has 0 fully saturated rings. The minimum Gasteiger partial charge on any atom is -0.390 e. The summed E-state index contributed by atoms with van der Waals surface area (Å²) in [5, 5.41) is 19.4. The molecular formula is C13H14ClF3O3S. The Morgan fingerprint density at radius 1 is 1.38 bits per heavy atom. The number of carbonyl (C=O) groups excluding carboxylic acids is 1. The Bertz CT molecular complexity index is 508. The van der Waals surface area contributed by atoms with Crippen LogP contribution >= 0.6 is 23.4 Å². The average Bonchev–Trinajstić information content (AvgIpc) is 2.36. The number of thioether (sulfide) groups is 1. The van der Waals surface area contributed by atoms with Gasteiger partial charge < -0.3 is 10.2 Å². The highest BCUT2D eigenvalue weighted by Crippen LogP contribution is 2.37. The van der Waals surface area contributed by atoms with Crippen LogP contribution in [-0.2, 0) is 11.0 Å². The molecule has 1 rings (SSSR count). The minimum atomic E-state index is -4.69. The molecule has 0 radical (unpaired) electrons. The lowest BCUT2D eigenvalue weighted by atomic mass is 9.97. The third-order valence-electron chi connectivity index (χ3n) is 2.72. The van der Waals surface area contributed by atoms with Crippen LogP contribution in [0, 0.1) is 0 Å². The van der Waals surface area contributed by atoms with E-state index in [1.807, 2.05) is 0 Å². The van der Waals surface area contributed by atoms with Gasteiger partial charge in [-0.3, -0.25) is 4.79 Å². The van der Waals surface area contributed by atoms with Crippen molar-refractivity contribution < 1.29 is 28.2 Å². The number of hydrogen-bond donors (Lipinski definition) is 2. The van der Waals surface area contributed by atoms with Crippen molar-refractivity contribution in [3.8, 4) is 0 Å². The van der Waals surface area contributed by atoms with Gasteiger partial charge >= 0.3 is 6.18 Å². The van der Waals surface area contributed by atoms with Crippen molar-refractivity contribution in [2.45, 2.75) is 31.7 Å². The number of rotatable bonds is 5. The molecule has 8 heteroatoms. The van der Waals surface area contributed by atoms with Gasteiger partial charge in [0.2, 0.25) is 0 Å². The fourth-order valence-electron chi connectivity index (χ4n) is 1.72. The minimum absolute atomic E-state index is 0.00859. The first-order valence-electron chi connectivity index (χ1n) is 5.99. The number of aliphatic hydroxyl groups is 2. The van der Waals surface area contributed by atoms with Crippen LogP contribution in [0.25, 0.3) is 0 Å². The Hall–Kier alpha value is -0.760. The van der Waals surface area contributed by atoms with E-state index < -0.39 is 29.5 Å². The van der Waals surface area contributed by atoms with Gasteiger partial charge in [-0.15, -0.1) is 0 Å². The summed E-state index contributed by atoms with van der Waals surface area (Å²) in [6.45, 7) is 1.34. The molecule has 0 spiro atoms. The Labute approximate surface area is 129 Å². The van der Waals surface area contributed by atoms with E-state index in [1.54, 1.807) is 0 Å². The molecule has 1 aromatic rings. The molecule has 0 aliphatic carbocycles. The van der Waals surface area contributed by atoms with Crippen molar-refractivity contribution in [2.75, 3.05) is 5.75 Å². The summed E-state index contributed by atoms with van der Waals surface area (Å²) in [5.41, 5.74) is -1.52. The van der Waals surface area contributed by atoms with Crippen LogP contribution in [0.15, 0.2) is 18.2 Å². The zero-order valence-corrected chi connectivity index (χ0v) is 12.6. The van der Waals surface area contributed by atoms with Gasteiger partial charge in [0, 0.05) is 17.7 Å². The number of halogens is 4. The van der Waals surface area contributed by atoms with Crippen LogP contribution in [-0.4, -0.2) is 27.2 Å². The van der Waals surface area contributed by atoms with Gasteiger partial charge in [-0.2, -0.15) is 13.2 Å². The zero-order valence-electron chi connectivity index (χ0n) is 11.0. The maximum Gasteiger partial charge on any atom is 0.416 e. The molecular weight excluding hydrogens is 329 g/mol. The number of hydrogen-bond acceptors (Lipinski definition) is 4. The monoisotopic (exact) mass is 342 g/mol. The highest BCUT2D eigenvalue weighted by molar-refractivity contribution is 8.13. The third-order valence-corrected chi connectivity index (χ3v) is 3.80. The van der Waals surface area contributed by atoms with Gasteiger partial charge in [-0.25, -0.2) is 0 Å². The lowest BCUT2D eigenvalue weighted by Crippen LogP contribution is -2.22. The van der Waals surface area contributed by atoms with Crippen molar-refractivity contribution >= 4 is 28.5 Å². The lowest BCUT2D eigenvalue weighted by molar-refractivity contribution is -0.140. The van der Waals surface area contributed by atoms with Crippen molar-refractivity contribution in [2.24, 2.45) is 0 Å². The Morgan fingerprint density at radius 3 is 2.52 bits per heavy atom. The van der Waals surface area contributed by atoms with Crippen molar-refractivity contribution in [1.29, 1.82) is 0 Å². The molecule has 2 N–H and O–H groups in total. The second kappa shape index (κ2) is 7.49. The molecule has 0 heterocycles. The maximum absolute atomic E-state index is 12.9. The molecule has 0 saturated heterocycles. The molecule has 118 valence electrons. The molecule has 0 amide bonds. The summed E-state index contributed by atoms with van der Waals surface area (Å²) >= 11 is 6.47. The van der Waals surface area contributed by atoms with E-state index in [2.05, 4.69) is 0 Å². The first-order chi connectivity index (χ1) is 9.62. The van der Waals surface area contributed by atoms with Crippen LogP contribution < -0.4 is 0 Å². The molecule has 0 bridgehead atoms. The molecule has 2 unspecified atom stereocenters. The number of benzene rings is 1. The van der Waals surface area contributed by atoms with E-state index in [0.29, 0.717) is 6.07 Å². The number of aliphatic hydroxyl groups excluding tert-OH is 2. The largest absolute Gasteiger partial charge is 0.416 e. The van der Waals surface area contributed by atoms with Crippen LogP contribution in [0.1, 0.15) is 30.6 Å². The van der Waals surface area contributed by atoms with Gasteiger partial charge in [0.25, 0.3) is 0 Å². The van der Waals surface area contributed by atoms with Gasteiger partial charge in [0.05, 0.1) is 11.7 Å². The molecule has 2 atom stereocenters. The maximum atomic E-state index is 12.9. The zero-order chi connectivity index (χ0) is 16.2. The Kier molecular flexibility index (Phi) is 6.52. The SMILES string of the molecule is CC(=O)SCCC(O)C(O)c1ccc(Cl)cc1C(F)(F)F. The smallest absolute Gasteiger partial charge is 0.390 e. The normalized spacial score (nSPS) is 14.8. The molecule has 0 aliphatic rings. The molecule has 1 aromatic carbocycles. The fourth-order valence-corrected chi connectivity index (χ4v) is 2.54. The highest BCUT2D eigenvalue weighted by Gasteiger charge is 2.36. The molecule has 3 nitrogen and oxygen atoms in total. The summed E-state index contributed by atoms with van der Waals surface area (Å²) in [5.74, 6) is 0.211. The van der Waals surface area contributed by atoms with Gasteiger partial charge in [0.15, 0.2) is 5.12 Å². The number of alkyl halides is 3. The third kappa shape index (κ3) is 5.50. The topological polar surface area (TPSA) is 57.5 Å². The van der Waals surface area contributed by atoms with Crippen molar-refractivity contribution in [1.82, 2.24) is 0 Å². The average molecular weight is 343 g/mol. The van der Waals surface area contributed by atoms with Crippen LogP contribution in [0.3, 0.4) is 0 Å². The summed E-state index contributed by atoms with van der Waals surface area (Å²) in [6, 6.07) is 2.96. The lowest BCUT2D eigenvalue weighted by Gasteiger charge is -2.22. The van der Waals surface area contributed by atoms with Crippen molar-refractivity contribution in [3.05, 3.63) is 34.3 Å². The standard InChI is InChI=1S/C13H14ClF3O3S/c1-7(18)21-5-4-11(19)12(20)9-3-2-8(14)6-10(9)13(15,16)17/h2-3,6,11-12,19-20H,4-5H2,1H3. The highest BCUT2D eigenvalue weighted by atomic mass is 35.5. The van der Waals surface area contributed by atoms with E-state index in [-0.39, 0.29) is 22.3 Å². The molecule has 0 aromatic heterocycles. The van der Waals surface area contributed by atoms with Gasteiger partial charge in [-0.05, 0) is 24.1 Å². The van der Waals surface area contributed by atoms with E-state index >= 15 is 0 Å². The predicted octanol–water partition coefficient (Wildman–Crippen LogP) is 3.42. The van der Waals surface area contributed by atoms with Gasteiger partial charge in [0.1, 0.15) is 6.10 Å². The van der Waals surface area contributed by atoms with Crippen molar-refractivity contribution in [3.63, 3.8) is 0 Å². The van der Waals surface area contributed by atoms with Crippen LogP contribution in [0.4, 0.5) is 13.2 Å². The summed E-state index contributed by atoms with van der Waals surface area (Å²) < 4.78 is 38.7. The molecule has 0 saturated carbocycles. The Morgan fingerprint density at radius 2 is 2.00 bits per heavy atom. The van der Waals surface area contributed by atoms with Crippen LogP contribution in [0.5, 0.6) is 0 Å². The van der Waals surface area contributed by atoms with Gasteiger partial charge in [-0.1, -0.05) is 29.4 Å². The second-order valence-corrected chi connectivity index (χ2v) is 6.08. The Balaban J connectivity index is 2.91. The van der Waals surface area contributed by atoms with Crippen LogP contribution in [0.2, 0.25) is 5.02 Å². The van der Waals surface area contributed by atoms with E-state index in [9.17, 15) is 28.2 Å². The summed E-state index contributed by atoms with van der Waals surface area (Å²) in [4.78, 5) is 10.7. The second-order valence-electron chi connectivity index (χ2n) is 4.37. The van der Waals surface area contributed by atoms with E-state index in [0.717, 1.165) is 17.8 Å². The summed E-state index contributed by atoms with van der Waals surface area (Å²) in [6.07, 6.45) is -7.80. The molecule has 21 heavy (non-hydrogen) atoms. The fraction of sp³-hybridized carbons (Fsp3) is 0.462. The van der Waals surface area contributed by atoms with E-state index in [4.69, 9.17) is 11.6 Å². The quantitative estimate of drug-likeness (QED) is 0.861. The first-order valence-corrected chi connectivity index (χ1v) is 7.35. The first kappa shape index (κ1) is 18.3. The number of carbonyl (C=O) groups is 1. The van der Waals surface area contributed by atoms with E-state index in [1.165, 1.54) is 13.0 Å². The summed E-state index contributed by atoms with van der Waals surface area (Å²) in [7, 11) is 0. The predicted molar refractivity (Wildman–Crippen MR) is 75.2 cm³/mol.